The Kier molecular flexibility index (Phi) is 5.96. The molecule has 0 saturated heterocycles. The summed E-state index contributed by atoms with van der Waals surface area (Å²) in [6.07, 6.45) is 1.98. The minimum Gasteiger partial charge on any atom is -0.496 e. The van der Waals surface area contributed by atoms with E-state index in [0.717, 1.165) is 27.3 Å². The lowest BCUT2D eigenvalue weighted by Gasteiger charge is -2.19. The number of sulfonamides is 1. The van der Waals surface area contributed by atoms with E-state index >= 15 is 0 Å². The van der Waals surface area contributed by atoms with Gasteiger partial charge in [-0.25, -0.2) is 8.42 Å². The van der Waals surface area contributed by atoms with Crippen molar-refractivity contribution < 1.29 is 13.2 Å². The van der Waals surface area contributed by atoms with Gasteiger partial charge in [0.25, 0.3) is 0 Å². The standard InChI is InChI=1S/C18H23NO3S2/c1-13-6-8-16(10-14(13)2)24(20,21)19(3)12-15-7-9-18(23-5)17(11-15)22-4/h6-11H,12H2,1-5H3. The van der Waals surface area contributed by atoms with Crippen LogP contribution in [0.4, 0.5) is 0 Å². The molecule has 24 heavy (non-hydrogen) atoms. The molecule has 0 aliphatic rings. The van der Waals surface area contributed by atoms with Crippen molar-refractivity contribution in [2.24, 2.45) is 0 Å². The van der Waals surface area contributed by atoms with Gasteiger partial charge < -0.3 is 4.74 Å². The molecular weight excluding hydrogens is 342 g/mol. The Morgan fingerprint density at radius 3 is 2.38 bits per heavy atom. The summed E-state index contributed by atoms with van der Waals surface area (Å²) in [5.41, 5.74) is 2.93. The predicted molar refractivity (Wildman–Crippen MR) is 99.3 cm³/mol. The number of thioether (sulfide) groups is 1. The van der Waals surface area contributed by atoms with E-state index in [0.29, 0.717) is 11.4 Å². The quantitative estimate of drug-likeness (QED) is 0.730. The number of ether oxygens (including phenoxy) is 1. The Balaban J connectivity index is 2.27. The van der Waals surface area contributed by atoms with Crippen molar-refractivity contribution in [3.63, 3.8) is 0 Å². The second-order valence-electron chi connectivity index (χ2n) is 5.70. The van der Waals surface area contributed by atoms with Gasteiger partial charge in [-0.15, -0.1) is 11.8 Å². The van der Waals surface area contributed by atoms with Crippen LogP contribution >= 0.6 is 11.8 Å². The Morgan fingerprint density at radius 2 is 1.79 bits per heavy atom. The van der Waals surface area contributed by atoms with Gasteiger partial charge in [-0.05, 0) is 61.1 Å². The highest BCUT2D eigenvalue weighted by Crippen LogP contribution is 2.29. The molecule has 0 atom stereocenters. The summed E-state index contributed by atoms with van der Waals surface area (Å²) in [5, 5.41) is 0. The summed E-state index contributed by atoms with van der Waals surface area (Å²) in [4.78, 5) is 1.35. The van der Waals surface area contributed by atoms with Crippen molar-refractivity contribution in [1.29, 1.82) is 0 Å². The molecule has 0 aliphatic carbocycles. The zero-order valence-corrected chi connectivity index (χ0v) is 16.3. The smallest absolute Gasteiger partial charge is 0.243 e. The van der Waals surface area contributed by atoms with Crippen LogP contribution in [0.3, 0.4) is 0 Å². The average molecular weight is 366 g/mol. The first-order valence-electron chi connectivity index (χ1n) is 7.54. The van der Waals surface area contributed by atoms with E-state index in [1.807, 2.05) is 44.4 Å². The number of benzene rings is 2. The molecule has 0 amide bonds. The molecule has 2 aromatic carbocycles. The number of hydrogen-bond acceptors (Lipinski definition) is 4. The number of methoxy groups -OCH3 is 1. The molecule has 0 radical (unpaired) electrons. The molecule has 2 aromatic rings. The second kappa shape index (κ2) is 7.59. The van der Waals surface area contributed by atoms with E-state index < -0.39 is 10.0 Å². The van der Waals surface area contributed by atoms with Crippen LogP contribution in [0.2, 0.25) is 0 Å². The maximum atomic E-state index is 12.8. The molecule has 2 rings (SSSR count). The minimum atomic E-state index is -3.52. The van der Waals surface area contributed by atoms with Crippen molar-refractivity contribution in [2.45, 2.75) is 30.2 Å². The third kappa shape index (κ3) is 3.94. The fourth-order valence-corrected chi connectivity index (χ4v) is 4.17. The molecule has 0 heterocycles. The van der Waals surface area contributed by atoms with Crippen LogP contribution in [0.1, 0.15) is 16.7 Å². The van der Waals surface area contributed by atoms with Gasteiger partial charge in [0, 0.05) is 18.5 Å². The summed E-state index contributed by atoms with van der Waals surface area (Å²) in [6.45, 7) is 4.18. The Morgan fingerprint density at radius 1 is 1.08 bits per heavy atom. The van der Waals surface area contributed by atoms with Crippen LogP contribution in [0, 0.1) is 13.8 Å². The van der Waals surface area contributed by atoms with E-state index in [1.54, 1.807) is 38.1 Å². The van der Waals surface area contributed by atoms with Crippen LogP contribution in [-0.2, 0) is 16.6 Å². The molecule has 0 unspecified atom stereocenters. The molecule has 6 heteroatoms. The van der Waals surface area contributed by atoms with E-state index in [1.165, 1.54) is 4.31 Å². The van der Waals surface area contributed by atoms with Crippen LogP contribution in [0.5, 0.6) is 5.75 Å². The third-order valence-corrected chi connectivity index (χ3v) is 6.62. The lowest BCUT2D eigenvalue weighted by atomic mass is 10.1. The zero-order valence-electron chi connectivity index (χ0n) is 14.7. The van der Waals surface area contributed by atoms with Crippen LogP contribution in [-0.4, -0.2) is 33.1 Å². The van der Waals surface area contributed by atoms with Crippen molar-refractivity contribution >= 4 is 21.8 Å². The maximum absolute atomic E-state index is 12.8. The van der Waals surface area contributed by atoms with Crippen LogP contribution in [0.25, 0.3) is 0 Å². The lowest BCUT2D eigenvalue weighted by Crippen LogP contribution is -2.26. The molecule has 0 saturated carbocycles. The van der Waals surface area contributed by atoms with Crippen molar-refractivity contribution in [2.75, 3.05) is 20.4 Å². The monoisotopic (exact) mass is 365 g/mol. The molecule has 0 aliphatic heterocycles. The first-order valence-corrected chi connectivity index (χ1v) is 10.2. The highest BCUT2D eigenvalue weighted by Gasteiger charge is 2.21. The van der Waals surface area contributed by atoms with E-state index in [4.69, 9.17) is 4.74 Å². The fourth-order valence-electron chi connectivity index (χ4n) is 2.38. The molecule has 0 N–H and O–H groups in total. The minimum absolute atomic E-state index is 0.292. The molecule has 0 fully saturated rings. The zero-order chi connectivity index (χ0) is 17.9. The summed E-state index contributed by atoms with van der Waals surface area (Å²) in [5.74, 6) is 0.761. The number of rotatable bonds is 6. The molecule has 0 bridgehead atoms. The second-order valence-corrected chi connectivity index (χ2v) is 8.59. The van der Waals surface area contributed by atoms with Gasteiger partial charge in [-0.3, -0.25) is 0 Å². The van der Waals surface area contributed by atoms with E-state index in [-0.39, 0.29) is 0 Å². The number of hydrogen-bond donors (Lipinski definition) is 0. The Bertz CT molecular complexity index is 832. The van der Waals surface area contributed by atoms with E-state index in [9.17, 15) is 8.42 Å². The van der Waals surface area contributed by atoms with Crippen molar-refractivity contribution in [3.05, 3.63) is 53.1 Å². The van der Waals surface area contributed by atoms with Gasteiger partial charge in [0.2, 0.25) is 10.0 Å². The van der Waals surface area contributed by atoms with E-state index in [2.05, 4.69) is 0 Å². The summed E-state index contributed by atoms with van der Waals surface area (Å²) in [7, 11) is -0.308. The van der Waals surface area contributed by atoms with Gasteiger partial charge in [0.15, 0.2) is 0 Å². The first kappa shape index (κ1) is 18.8. The van der Waals surface area contributed by atoms with Crippen LogP contribution < -0.4 is 4.74 Å². The van der Waals surface area contributed by atoms with Gasteiger partial charge in [0.05, 0.1) is 12.0 Å². The lowest BCUT2D eigenvalue weighted by molar-refractivity contribution is 0.402. The highest BCUT2D eigenvalue weighted by molar-refractivity contribution is 7.98. The molecular formula is C18H23NO3S2. The fraction of sp³-hybridized carbons (Fsp3) is 0.333. The Hall–Kier alpha value is -1.50. The van der Waals surface area contributed by atoms with Crippen molar-refractivity contribution in [1.82, 2.24) is 4.31 Å². The van der Waals surface area contributed by atoms with Gasteiger partial charge in [0.1, 0.15) is 5.75 Å². The number of nitrogens with zero attached hydrogens (tertiary/aromatic N) is 1. The molecule has 0 aromatic heterocycles. The molecule has 0 spiro atoms. The summed E-state index contributed by atoms with van der Waals surface area (Å²) in [6, 6.07) is 11.0. The number of aryl methyl sites for hydroxylation is 2. The van der Waals surface area contributed by atoms with Crippen molar-refractivity contribution in [3.8, 4) is 5.75 Å². The third-order valence-electron chi connectivity index (χ3n) is 4.04. The largest absolute Gasteiger partial charge is 0.496 e. The average Bonchev–Trinajstić information content (AvgIpc) is 2.56. The summed E-state index contributed by atoms with van der Waals surface area (Å²) >= 11 is 1.60. The maximum Gasteiger partial charge on any atom is 0.243 e. The Labute approximate surface area is 148 Å². The van der Waals surface area contributed by atoms with Gasteiger partial charge in [-0.1, -0.05) is 12.1 Å². The summed E-state index contributed by atoms with van der Waals surface area (Å²) < 4.78 is 32.3. The normalized spacial score (nSPS) is 11.8. The first-order chi connectivity index (χ1) is 11.3. The molecule has 4 nitrogen and oxygen atoms in total. The predicted octanol–water partition coefficient (Wildman–Crippen LogP) is 3.85. The SMILES string of the molecule is COc1cc(CN(C)S(=O)(=O)c2ccc(C)c(C)c2)ccc1SC. The van der Waals surface area contributed by atoms with Gasteiger partial charge >= 0.3 is 0 Å². The highest BCUT2D eigenvalue weighted by atomic mass is 32.2. The van der Waals surface area contributed by atoms with Gasteiger partial charge in [-0.2, -0.15) is 4.31 Å². The van der Waals surface area contributed by atoms with Crippen LogP contribution in [0.15, 0.2) is 46.2 Å². The topological polar surface area (TPSA) is 46.6 Å². The molecule has 130 valence electrons.